The average Bonchev–Trinajstić information content (AvgIpc) is 3.24. The van der Waals surface area contributed by atoms with Gasteiger partial charge in [0.15, 0.2) is 5.78 Å². The van der Waals surface area contributed by atoms with Gasteiger partial charge in [0.2, 0.25) is 0 Å². The van der Waals surface area contributed by atoms with Crippen molar-refractivity contribution in [1.82, 2.24) is 4.90 Å². The number of Topliss-reactive ketones (excluding diaryl/α,β-unsaturated/α-hetero) is 1. The second-order valence-corrected chi connectivity index (χ2v) is 8.08. The number of piperidine rings is 1. The largest absolute Gasteiger partial charge is 0.486 e. The maximum absolute atomic E-state index is 11.2. The number of ketones is 1. The molecule has 0 aromatic heterocycles. The molecule has 2 saturated carbocycles. The summed E-state index contributed by atoms with van der Waals surface area (Å²) in [5, 5.41) is 0. The first-order valence-corrected chi connectivity index (χ1v) is 9.66. The van der Waals surface area contributed by atoms with Gasteiger partial charge in [0.05, 0.1) is 0 Å². The second-order valence-electron chi connectivity index (χ2n) is 8.08. The van der Waals surface area contributed by atoms with Gasteiger partial charge >= 0.3 is 0 Å². The molecule has 1 aromatic carbocycles. The molecule has 4 rings (SSSR count). The zero-order valence-electron chi connectivity index (χ0n) is 14.7. The van der Waals surface area contributed by atoms with Gasteiger partial charge in [0.1, 0.15) is 12.4 Å². The summed E-state index contributed by atoms with van der Waals surface area (Å²) in [7, 11) is 0. The van der Waals surface area contributed by atoms with Crippen molar-refractivity contribution in [1.29, 1.82) is 0 Å². The first-order valence-electron chi connectivity index (χ1n) is 9.66. The fourth-order valence-electron chi connectivity index (χ4n) is 5.33. The van der Waals surface area contributed by atoms with Gasteiger partial charge in [-0.1, -0.05) is 24.6 Å². The minimum atomic E-state index is 0.0795. The van der Waals surface area contributed by atoms with Crippen LogP contribution in [0.2, 0.25) is 0 Å². The molecular weight excluding hydrogens is 298 g/mol. The van der Waals surface area contributed by atoms with E-state index in [2.05, 4.69) is 17.0 Å². The second kappa shape index (κ2) is 6.87. The molecule has 0 amide bonds. The smallest absolute Gasteiger partial charge is 0.167 e. The van der Waals surface area contributed by atoms with Gasteiger partial charge < -0.3 is 9.64 Å². The van der Waals surface area contributed by atoms with Crippen molar-refractivity contribution in [3.8, 4) is 5.75 Å². The molecule has 3 heteroatoms. The normalized spacial score (nSPS) is 30.6. The summed E-state index contributed by atoms with van der Waals surface area (Å²) >= 11 is 0. The molecule has 24 heavy (non-hydrogen) atoms. The van der Waals surface area contributed by atoms with Crippen LogP contribution in [0.5, 0.6) is 5.75 Å². The predicted molar refractivity (Wildman–Crippen MR) is 95.4 cm³/mol. The highest BCUT2D eigenvalue weighted by Crippen LogP contribution is 2.47. The van der Waals surface area contributed by atoms with Crippen LogP contribution in [0, 0.1) is 11.8 Å². The third-order valence-electron chi connectivity index (χ3n) is 6.49. The van der Waals surface area contributed by atoms with Crippen molar-refractivity contribution in [2.75, 3.05) is 19.7 Å². The van der Waals surface area contributed by atoms with E-state index in [1.165, 1.54) is 57.2 Å². The zero-order chi connectivity index (χ0) is 16.5. The molecule has 1 aliphatic heterocycles. The van der Waals surface area contributed by atoms with E-state index in [0.717, 1.165) is 23.6 Å². The molecule has 3 aliphatic rings. The van der Waals surface area contributed by atoms with Crippen molar-refractivity contribution in [3.05, 3.63) is 29.8 Å². The number of nitrogens with zero attached hydrogens (tertiary/aromatic N) is 1. The van der Waals surface area contributed by atoms with Gasteiger partial charge in [-0.15, -0.1) is 0 Å². The molecular formula is C21H29NO2. The Bertz CT molecular complexity index is 591. The molecule has 130 valence electrons. The van der Waals surface area contributed by atoms with Gasteiger partial charge in [-0.25, -0.2) is 0 Å². The average molecular weight is 327 g/mol. The number of hydrogen-bond donors (Lipinski definition) is 0. The Kier molecular flexibility index (Phi) is 4.62. The van der Waals surface area contributed by atoms with Crippen LogP contribution < -0.4 is 4.74 Å². The molecule has 0 radical (unpaired) electrons. The molecule has 1 aromatic rings. The highest BCUT2D eigenvalue weighted by Gasteiger charge is 2.42. The summed E-state index contributed by atoms with van der Waals surface area (Å²) in [6.45, 7) is 4.20. The van der Waals surface area contributed by atoms with Crippen molar-refractivity contribution >= 4 is 5.78 Å². The zero-order valence-corrected chi connectivity index (χ0v) is 14.7. The number of hydrogen-bond acceptors (Lipinski definition) is 3. The van der Waals surface area contributed by atoms with Gasteiger partial charge in [-0.05, 0) is 81.5 Å². The van der Waals surface area contributed by atoms with Gasteiger partial charge in [-0.2, -0.15) is 0 Å². The first kappa shape index (κ1) is 16.1. The maximum Gasteiger partial charge on any atom is 0.167 e. The van der Waals surface area contributed by atoms with E-state index in [-0.39, 0.29) is 12.4 Å². The van der Waals surface area contributed by atoms with Crippen molar-refractivity contribution in [2.45, 2.75) is 57.4 Å². The number of carbonyl (C=O) groups is 1. The molecule has 1 saturated heterocycles. The van der Waals surface area contributed by atoms with Crippen LogP contribution in [0.25, 0.3) is 0 Å². The number of fused-ring (bicyclic) bond motifs is 2. The summed E-state index contributed by atoms with van der Waals surface area (Å²) in [4.78, 5) is 14.0. The molecule has 2 aliphatic carbocycles. The van der Waals surface area contributed by atoms with Crippen LogP contribution in [0.4, 0.5) is 0 Å². The number of rotatable bonds is 5. The van der Waals surface area contributed by atoms with E-state index in [0.29, 0.717) is 5.92 Å². The summed E-state index contributed by atoms with van der Waals surface area (Å²) in [6, 6.07) is 9.17. The Labute approximate surface area is 145 Å². The fourth-order valence-corrected chi connectivity index (χ4v) is 5.33. The number of carbonyl (C=O) groups excluding carboxylic acids is 1. The van der Waals surface area contributed by atoms with E-state index in [4.69, 9.17) is 4.74 Å². The lowest BCUT2D eigenvalue weighted by atomic mass is 9.86. The van der Waals surface area contributed by atoms with Crippen LogP contribution in [0.1, 0.15) is 56.9 Å². The van der Waals surface area contributed by atoms with E-state index in [1.54, 1.807) is 6.92 Å². The van der Waals surface area contributed by atoms with E-state index in [9.17, 15) is 4.79 Å². The van der Waals surface area contributed by atoms with Crippen LogP contribution in [-0.4, -0.2) is 36.4 Å². The standard InChI is InChI=1S/C21H29NO2/c1-15(23)14-24-21-5-3-2-4-19(21)17-8-10-22(11-9-17)20-13-16-6-7-18(20)12-16/h2-5,16-18,20H,6-14H2,1H3/t16-,18+,20-/m1/s1. The lowest BCUT2D eigenvalue weighted by Crippen LogP contribution is -2.43. The van der Waals surface area contributed by atoms with Crippen LogP contribution in [0.3, 0.4) is 0 Å². The van der Waals surface area contributed by atoms with Crippen LogP contribution >= 0.6 is 0 Å². The number of ether oxygens (including phenoxy) is 1. The number of likely N-dealkylation sites (tertiary alicyclic amines) is 1. The highest BCUT2D eigenvalue weighted by atomic mass is 16.5. The fraction of sp³-hybridized carbons (Fsp3) is 0.667. The molecule has 1 heterocycles. The Hall–Kier alpha value is -1.35. The van der Waals surface area contributed by atoms with Crippen LogP contribution in [0.15, 0.2) is 24.3 Å². The topological polar surface area (TPSA) is 29.5 Å². The van der Waals surface area contributed by atoms with Gasteiger partial charge in [0, 0.05) is 6.04 Å². The summed E-state index contributed by atoms with van der Waals surface area (Å²) in [5.41, 5.74) is 1.30. The molecule has 0 unspecified atom stereocenters. The maximum atomic E-state index is 11.2. The van der Waals surface area contributed by atoms with Crippen molar-refractivity contribution in [2.24, 2.45) is 11.8 Å². The third-order valence-corrected chi connectivity index (χ3v) is 6.49. The number of para-hydroxylation sites is 1. The molecule has 2 bridgehead atoms. The summed E-state index contributed by atoms with van der Waals surface area (Å²) < 4.78 is 5.76. The Morgan fingerprint density at radius 3 is 2.58 bits per heavy atom. The van der Waals surface area contributed by atoms with E-state index < -0.39 is 0 Å². The molecule has 3 nitrogen and oxygen atoms in total. The Morgan fingerprint density at radius 1 is 1.12 bits per heavy atom. The van der Waals surface area contributed by atoms with E-state index in [1.807, 2.05) is 12.1 Å². The minimum Gasteiger partial charge on any atom is -0.486 e. The molecule has 0 N–H and O–H groups in total. The first-order chi connectivity index (χ1) is 11.7. The van der Waals surface area contributed by atoms with Crippen molar-refractivity contribution in [3.63, 3.8) is 0 Å². The minimum absolute atomic E-state index is 0.0795. The molecule has 3 atom stereocenters. The number of benzene rings is 1. The SMILES string of the molecule is CC(=O)COc1ccccc1C1CCN([C@@H]2C[C@@H]3CC[C@H]2C3)CC1. The highest BCUT2D eigenvalue weighted by molar-refractivity contribution is 5.77. The monoisotopic (exact) mass is 327 g/mol. The summed E-state index contributed by atoms with van der Waals surface area (Å²) in [6.07, 6.45) is 8.33. The lowest BCUT2D eigenvalue weighted by molar-refractivity contribution is -0.118. The molecule has 3 fully saturated rings. The quantitative estimate of drug-likeness (QED) is 0.818. The van der Waals surface area contributed by atoms with Crippen molar-refractivity contribution < 1.29 is 9.53 Å². The Balaban J connectivity index is 1.38. The lowest BCUT2D eigenvalue weighted by Gasteiger charge is -2.40. The van der Waals surface area contributed by atoms with Gasteiger partial charge in [-0.3, -0.25) is 4.79 Å². The Morgan fingerprint density at radius 2 is 1.92 bits per heavy atom. The van der Waals surface area contributed by atoms with E-state index >= 15 is 0 Å². The van der Waals surface area contributed by atoms with Crippen LogP contribution in [-0.2, 0) is 4.79 Å². The summed E-state index contributed by atoms with van der Waals surface area (Å²) in [5.74, 6) is 3.57. The predicted octanol–water partition coefficient (Wildman–Crippen LogP) is 4.02. The third kappa shape index (κ3) is 3.23. The molecule has 0 spiro atoms. The van der Waals surface area contributed by atoms with Gasteiger partial charge in [0.25, 0.3) is 0 Å².